The van der Waals surface area contributed by atoms with E-state index in [1.165, 1.54) is 0 Å². The Morgan fingerprint density at radius 1 is 1.00 bits per heavy atom. The molecule has 0 aliphatic rings. The Balaban J connectivity index is 1.60. The standard InChI is InChI=1S/C20H22ClN5O/c1-3-26(4-2)20-24-19(13-22-25-20)23-17-9-11-18(12-10-17)27-14-15-5-7-16(21)8-6-15/h5-13H,3-4,14H2,1-2H3,(H,23,24,25). The van der Waals surface area contributed by atoms with Gasteiger partial charge in [-0.25, -0.2) is 0 Å². The molecule has 0 atom stereocenters. The Labute approximate surface area is 164 Å². The Morgan fingerprint density at radius 2 is 1.70 bits per heavy atom. The highest BCUT2D eigenvalue weighted by Crippen LogP contribution is 2.20. The van der Waals surface area contributed by atoms with Gasteiger partial charge < -0.3 is 15.0 Å². The molecule has 1 aromatic heterocycles. The van der Waals surface area contributed by atoms with Gasteiger partial charge in [-0.05, 0) is 55.8 Å². The fourth-order valence-corrected chi connectivity index (χ4v) is 2.65. The van der Waals surface area contributed by atoms with Gasteiger partial charge in [-0.15, -0.1) is 5.10 Å². The zero-order valence-corrected chi connectivity index (χ0v) is 16.1. The van der Waals surface area contributed by atoms with Crippen LogP contribution in [0.15, 0.2) is 54.7 Å². The molecule has 3 aromatic rings. The van der Waals surface area contributed by atoms with Gasteiger partial charge in [0.05, 0.1) is 6.20 Å². The number of nitrogens with one attached hydrogen (secondary N) is 1. The first-order chi connectivity index (χ1) is 13.2. The highest BCUT2D eigenvalue weighted by molar-refractivity contribution is 6.30. The minimum Gasteiger partial charge on any atom is -0.489 e. The Morgan fingerprint density at radius 3 is 2.37 bits per heavy atom. The summed E-state index contributed by atoms with van der Waals surface area (Å²) in [4.78, 5) is 6.56. The Kier molecular flexibility index (Phi) is 6.44. The molecule has 0 unspecified atom stereocenters. The van der Waals surface area contributed by atoms with Crippen molar-refractivity contribution < 1.29 is 4.74 Å². The lowest BCUT2D eigenvalue weighted by Gasteiger charge is -2.18. The number of nitrogens with zero attached hydrogens (tertiary/aromatic N) is 4. The maximum absolute atomic E-state index is 5.89. The summed E-state index contributed by atoms with van der Waals surface area (Å²) in [5.41, 5.74) is 1.97. The largest absolute Gasteiger partial charge is 0.489 e. The smallest absolute Gasteiger partial charge is 0.247 e. The average Bonchev–Trinajstić information content (AvgIpc) is 2.70. The number of benzene rings is 2. The van der Waals surface area contributed by atoms with Gasteiger partial charge in [-0.2, -0.15) is 10.1 Å². The molecule has 3 rings (SSSR count). The van der Waals surface area contributed by atoms with Crippen molar-refractivity contribution in [1.29, 1.82) is 0 Å². The molecular formula is C20H22ClN5O. The monoisotopic (exact) mass is 383 g/mol. The molecule has 0 fully saturated rings. The lowest BCUT2D eigenvalue weighted by molar-refractivity contribution is 0.306. The normalized spacial score (nSPS) is 10.5. The number of halogens is 1. The molecule has 27 heavy (non-hydrogen) atoms. The number of hydrogen-bond acceptors (Lipinski definition) is 6. The number of hydrogen-bond donors (Lipinski definition) is 1. The summed E-state index contributed by atoms with van der Waals surface area (Å²) < 4.78 is 5.80. The molecular weight excluding hydrogens is 362 g/mol. The average molecular weight is 384 g/mol. The van der Waals surface area contributed by atoms with Crippen molar-refractivity contribution in [2.75, 3.05) is 23.3 Å². The summed E-state index contributed by atoms with van der Waals surface area (Å²) in [6.45, 7) is 6.29. The first-order valence-corrected chi connectivity index (χ1v) is 9.24. The predicted molar refractivity (Wildman–Crippen MR) is 109 cm³/mol. The topological polar surface area (TPSA) is 63.2 Å². The third-order valence-electron chi connectivity index (χ3n) is 4.04. The number of rotatable bonds is 8. The third-order valence-corrected chi connectivity index (χ3v) is 4.29. The van der Waals surface area contributed by atoms with Gasteiger partial charge in [0.15, 0.2) is 5.82 Å². The molecule has 140 valence electrons. The second-order valence-corrected chi connectivity index (χ2v) is 6.31. The third kappa shape index (κ3) is 5.31. The van der Waals surface area contributed by atoms with Crippen LogP contribution < -0.4 is 15.0 Å². The predicted octanol–water partition coefficient (Wildman–Crippen LogP) is 4.69. The van der Waals surface area contributed by atoms with Crippen molar-refractivity contribution in [3.63, 3.8) is 0 Å². The quantitative estimate of drug-likeness (QED) is 0.608. The van der Waals surface area contributed by atoms with Crippen LogP contribution in [0, 0.1) is 0 Å². The van der Waals surface area contributed by atoms with Crippen LogP contribution in [-0.4, -0.2) is 28.3 Å². The molecule has 0 bridgehead atoms. The van der Waals surface area contributed by atoms with Gasteiger partial charge in [0, 0.05) is 23.8 Å². The van der Waals surface area contributed by atoms with E-state index in [9.17, 15) is 0 Å². The molecule has 0 aliphatic carbocycles. The van der Waals surface area contributed by atoms with Crippen molar-refractivity contribution in [3.05, 3.63) is 65.3 Å². The number of aromatic nitrogens is 3. The lowest BCUT2D eigenvalue weighted by Crippen LogP contribution is -2.24. The van der Waals surface area contributed by atoms with Gasteiger partial charge in [0.1, 0.15) is 12.4 Å². The highest BCUT2D eigenvalue weighted by atomic mass is 35.5. The van der Waals surface area contributed by atoms with E-state index in [0.717, 1.165) is 35.1 Å². The summed E-state index contributed by atoms with van der Waals surface area (Å²) >= 11 is 5.89. The minimum atomic E-state index is 0.493. The molecule has 7 heteroatoms. The van der Waals surface area contributed by atoms with Crippen molar-refractivity contribution in [2.45, 2.75) is 20.5 Å². The maximum atomic E-state index is 5.89. The van der Waals surface area contributed by atoms with Crippen LogP contribution in [-0.2, 0) is 6.61 Å². The molecule has 0 saturated carbocycles. The lowest BCUT2D eigenvalue weighted by atomic mass is 10.2. The molecule has 0 saturated heterocycles. The van der Waals surface area contributed by atoms with Gasteiger partial charge in [-0.1, -0.05) is 23.7 Å². The highest BCUT2D eigenvalue weighted by Gasteiger charge is 2.07. The van der Waals surface area contributed by atoms with E-state index < -0.39 is 0 Å². The van der Waals surface area contributed by atoms with Crippen LogP contribution in [0.3, 0.4) is 0 Å². The van der Waals surface area contributed by atoms with Crippen molar-refractivity contribution in [2.24, 2.45) is 0 Å². The van der Waals surface area contributed by atoms with Gasteiger partial charge in [-0.3, -0.25) is 0 Å². The van der Waals surface area contributed by atoms with Gasteiger partial charge in [0.2, 0.25) is 5.95 Å². The molecule has 0 aliphatic heterocycles. The summed E-state index contributed by atoms with van der Waals surface area (Å²) in [6.07, 6.45) is 1.61. The zero-order valence-electron chi connectivity index (χ0n) is 15.4. The first-order valence-electron chi connectivity index (χ1n) is 8.87. The molecule has 1 N–H and O–H groups in total. The number of anilines is 3. The van der Waals surface area contributed by atoms with Crippen LogP contribution >= 0.6 is 11.6 Å². The van der Waals surface area contributed by atoms with Gasteiger partial charge >= 0.3 is 0 Å². The minimum absolute atomic E-state index is 0.493. The van der Waals surface area contributed by atoms with E-state index in [4.69, 9.17) is 16.3 Å². The molecule has 2 aromatic carbocycles. The molecule has 0 radical (unpaired) electrons. The summed E-state index contributed by atoms with van der Waals surface area (Å²) in [5.74, 6) is 2.06. The molecule has 0 amide bonds. The molecule has 6 nitrogen and oxygen atoms in total. The van der Waals surface area contributed by atoms with Crippen molar-refractivity contribution in [1.82, 2.24) is 15.2 Å². The van der Waals surface area contributed by atoms with E-state index in [0.29, 0.717) is 18.4 Å². The van der Waals surface area contributed by atoms with Crippen LogP contribution in [0.4, 0.5) is 17.5 Å². The van der Waals surface area contributed by atoms with Crippen LogP contribution in [0.25, 0.3) is 0 Å². The van der Waals surface area contributed by atoms with Crippen LogP contribution in [0.5, 0.6) is 5.75 Å². The fourth-order valence-electron chi connectivity index (χ4n) is 2.52. The fraction of sp³-hybridized carbons (Fsp3) is 0.250. The van der Waals surface area contributed by atoms with Crippen molar-refractivity contribution in [3.8, 4) is 5.75 Å². The Hall–Kier alpha value is -2.86. The number of ether oxygens (including phenoxy) is 1. The maximum Gasteiger partial charge on any atom is 0.247 e. The van der Waals surface area contributed by atoms with Crippen LogP contribution in [0.1, 0.15) is 19.4 Å². The SMILES string of the molecule is CCN(CC)c1nncc(Nc2ccc(OCc3ccc(Cl)cc3)cc2)n1. The van der Waals surface area contributed by atoms with Crippen LogP contribution in [0.2, 0.25) is 5.02 Å². The van der Waals surface area contributed by atoms with Gasteiger partial charge in [0.25, 0.3) is 0 Å². The molecule has 1 heterocycles. The first kappa shape index (κ1) is 18.9. The summed E-state index contributed by atoms with van der Waals surface area (Å²) in [6, 6.07) is 15.3. The van der Waals surface area contributed by atoms with Crippen molar-refractivity contribution >= 4 is 29.1 Å². The summed E-state index contributed by atoms with van der Waals surface area (Å²) in [5, 5.41) is 12.1. The summed E-state index contributed by atoms with van der Waals surface area (Å²) in [7, 11) is 0. The van der Waals surface area contributed by atoms with E-state index >= 15 is 0 Å². The second kappa shape index (κ2) is 9.19. The van der Waals surface area contributed by atoms with E-state index in [-0.39, 0.29) is 0 Å². The van der Waals surface area contributed by atoms with E-state index in [1.807, 2.05) is 53.4 Å². The zero-order chi connectivity index (χ0) is 19.1. The Bertz CT molecular complexity index is 851. The van der Waals surface area contributed by atoms with E-state index in [1.54, 1.807) is 6.20 Å². The second-order valence-electron chi connectivity index (χ2n) is 5.88. The molecule has 0 spiro atoms. The van der Waals surface area contributed by atoms with E-state index in [2.05, 4.69) is 34.3 Å².